The second kappa shape index (κ2) is 9.62. The van der Waals surface area contributed by atoms with Gasteiger partial charge in [0.1, 0.15) is 11.6 Å². The van der Waals surface area contributed by atoms with E-state index < -0.39 is 41.5 Å². The Bertz CT molecular complexity index is 822. The zero-order valence-electron chi connectivity index (χ0n) is 18.5. The van der Waals surface area contributed by atoms with Crippen molar-refractivity contribution in [1.82, 2.24) is 4.90 Å². The number of esters is 2. The highest BCUT2D eigenvalue weighted by Gasteiger charge is 2.47. The third-order valence-corrected chi connectivity index (χ3v) is 5.75. The van der Waals surface area contributed by atoms with Gasteiger partial charge in [-0.3, -0.25) is 9.59 Å². The highest BCUT2D eigenvalue weighted by atomic mass is 16.6. The van der Waals surface area contributed by atoms with Crippen LogP contribution in [-0.4, -0.2) is 40.5 Å². The monoisotopic (exact) mass is 429 g/mol. The zero-order chi connectivity index (χ0) is 22.6. The number of amides is 2. The molecule has 7 heteroatoms. The number of hydrogen-bond donors (Lipinski definition) is 0. The predicted octanol–water partition coefficient (Wildman–Crippen LogP) is 4.03. The molecule has 2 atom stereocenters. The average Bonchev–Trinajstić information content (AvgIpc) is 3.28. The lowest BCUT2D eigenvalue weighted by molar-refractivity contribution is -0.158. The largest absolute Gasteiger partial charge is 0.460 e. The van der Waals surface area contributed by atoms with Gasteiger partial charge in [-0.25, -0.2) is 14.5 Å². The highest BCUT2D eigenvalue weighted by Crippen LogP contribution is 2.34. The van der Waals surface area contributed by atoms with Crippen molar-refractivity contribution in [3.63, 3.8) is 0 Å². The van der Waals surface area contributed by atoms with Crippen molar-refractivity contribution < 1.29 is 28.7 Å². The summed E-state index contributed by atoms with van der Waals surface area (Å²) in [5.74, 6) is -2.16. The molecule has 0 unspecified atom stereocenters. The number of rotatable bonds is 7. The summed E-state index contributed by atoms with van der Waals surface area (Å²) < 4.78 is 10.2. The lowest BCUT2D eigenvalue weighted by atomic mass is 9.89. The van der Waals surface area contributed by atoms with E-state index in [2.05, 4.69) is 0 Å². The Morgan fingerprint density at radius 1 is 1.13 bits per heavy atom. The fourth-order valence-electron chi connectivity index (χ4n) is 4.39. The molecule has 1 saturated carbocycles. The first-order chi connectivity index (χ1) is 14.6. The minimum absolute atomic E-state index is 0.122. The van der Waals surface area contributed by atoms with Crippen LogP contribution < -0.4 is 0 Å². The van der Waals surface area contributed by atoms with E-state index in [4.69, 9.17) is 9.47 Å². The van der Waals surface area contributed by atoms with Crippen molar-refractivity contribution in [2.75, 3.05) is 0 Å². The van der Waals surface area contributed by atoms with E-state index in [-0.39, 0.29) is 12.8 Å². The maximum absolute atomic E-state index is 13.5. The number of ether oxygens (including phenoxy) is 2. The van der Waals surface area contributed by atoms with Crippen molar-refractivity contribution in [2.24, 2.45) is 11.8 Å². The molecule has 31 heavy (non-hydrogen) atoms. The summed E-state index contributed by atoms with van der Waals surface area (Å²) in [6.45, 7) is 5.31. The van der Waals surface area contributed by atoms with Gasteiger partial charge in [0.2, 0.25) is 5.91 Å². The smallest absolute Gasteiger partial charge is 0.425 e. The Kier molecular flexibility index (Phi) is 7.13. The number of carbonyl (C=O) groups is 4. The van der Waals surface area contributed by atoms with Crippen molar-refractivity contribution in [3.8, 4) is 0 Å². The molecular weight excluding hydrogens is 398 g/mol. The van der Waals surface area contributed by atoms with Crippen LogP contribution in [0.4, 0.5) is 4.79 Å². The van der Waals surface area contributed by atoms with Gasteiger partial charge >= 0.3 is 18.0 Å². The molecule has 2 amide bonds. The standard InChI is InChI=1S/C24H31NO6/c1-24(2,3)31-20(26)15-18(13-16-11-7-8-12-16)21(27)25-19(22(28)30-23(25)29)14-17-9-5-4-6-10-17/h4-6,9-10,16,18-19H,7-8,11-15H2,1-3H3/t18-,19+/m1/s1. The molecule has 3 rings (SSSR count). The summed E-state index contributed by atoms with van der Waals surface area (Å²) in [5.41, 5.74) is 0.146. The maximum Gasteiger partial charge on any atom is 0.425 e. The first-order valence-corrected chi connectivity index (χ1v) is 11.0. The normalized spacial score (nSPS) is 20.6. The molecule has 1 aromatic carbocycles. The van der Waals surface area contributed by atoms with Gasteiger partial charge in [0.15, 0.2) is 0 Å². The van der Waals surface area contributed by atoms with E-state index in [1.54, 1.807) is 20.8 Å². The Hall–Kier alpha value is -2.70. The maximum atomic E-state index is 13.5. The molecule has 1 aliphatic carbocycles. The molecule has 0 bridgehead atoms. The molecule has 7 nitrogen and oxygen atoms in total. The number of nitrogens with zero attached hydrogens (tertiary/aromatic N) is 1. The molecule has 0 radical (unpaired) electrons. The quantitative estimate of drug-likeness (QED) is 0.480. The molecular formula is C24H31NO6. The lowest BCUT2D eigenvalue weighted by Crippen LogP contribution is -2.45. The number of carbonyl (C=O) groups excluding carboxylic acids is 4. The van der Waals surface area contributed by atoms with Gasteiger partial charge in [-0.15, -0.1) is 0 Å². The van der Waals surface area contributed by atoms with Crippen LogP contribution in [0.15, 0.2) is 30.3 Å². The summed E-state index contributed by atoms with van der Waals surface area (Å²) in [6, 6.07) is 8.14. The summed E-state index contributed by atoms with van der Waals surface area (Å²) in [5, 5.41) is 0. The molecule has 2 fully saturated rings. The molecule has 0 spiro atoms. The molecule has 1 saturated heterocycles. The second-order valence-corrected chi connectivity index (χ2v) is 9.47. The van der Waals surface area contributed by atoms with E-state index in [1.807, 2.05) is 30.3 Å². The van der Waals surface area contributed by atoms with Crippen LogP contribution in [0.2, 0.25) is 0 Å². The van der Waals surface area contributed by atoms with E-state index in [9.17, 15) is 19.2 Å². The molecule has 1 aliphatic heterocycles. The van der Waals surface area contributed by atoms with Crippen molar-refractivity contribution in [3.05, 3.63) is 35.9 Å². The fourth-order valence-corrected chi connectivity index (χ4v) is 4.39. The predicted molar refractivity (Wildman–Crippen MR) is 113 cm³/mol. The van der Waals surface area contributed by atoms with Crippen LogP contribution in [0.3, 0.4) is 0 Å². The summed E-state index contributed by atoms with van der Waals surface area (Å²) in [7, 11) is 0. The number of imide groups is 1. The van der Waals surface area contributed by atoms with Gasteiger partial charge in [-0.2, -0.15) is 0 Å². The first kappa shape index (κ1) is 23.0. The number of hydrogen-bond acceptors (Lipinski definition) is 6. The minimum atomic E-state index is -1.02. The van der Waals surface area contributed by atoms with Crippen LogP contribution in [-0.2, 0) is 30.3 Å². The van der Waals surface area contributed by atoms with Crippen LogP contribution in [0.25, 0.3) is 0 Å². The Balaban J connectivity index is 1.80. The van der Waals surface area contributed by atoms with Crippen molar-refractivity contribution >= 4 is 23.9 Å². The topological polar surface area (TPSA) is 90.0 Å². The van der Waals surface area contributed by atoms with Gasteiger partial charge in [0.05, 0.1) is 6.42 Å². The molecule has 1 aromatic rings. The Morgan fingerprint density at radius 3 is 2.39 bits per heavy atom. The van der Waals surface area contributed by atoms with Crippen LogP contribution in [0.1, 0.15) is 64.9 Å². The third-order valence-electron chi connectivity index (χ3n) is 5.75. The van der Waals surface area contributed by atoms with Crippen molar-refractivity contribution in [1.29, 1.82) is 0 Å². The highest BCUT2D eigenvalue weighted by molar-refractivity contribution is 6.06. The van der Waals surface area contributed by atoms with Crippen LogP contribution >= 0.6 is 0 Å². The van der Waals surface area contributed by atoms with E-state index in [0.717, 1.165) is 36.1 Å². The number of cyclic esters (lactones) is 2. The zero-order valence-corrected chi connectivity index (χ0v) is 18.5. The summed E-state index contributed by atoms with van der Waals surface area (Å²) in [6.07, 6.45) is 3.77. The first-order valence-electron chi connectivity index (χ1n) is 11.0. The second-order valence-electron chi connectivity index (χ2n) is 9.47. The molecule has 1 heterocycles. The van der Waals surface area contributed by atoms with Crippen LogP contribution in [0, 0.1) is 11.8 Å². The molecule has 2 aliphatic rings. The third kappa shape index (κ3) is 6.15. The Labute approximate surface area is 183 Å². The minimum Gasteiger partial charge on any atom is -0.460 e. The lowest BCUT2D eigenvalue weighted by Gasteiger charge is -2.27. The van der Waals surface area contributed by atoms with Crippen LogP contribution in [0.5, 0.6) is 0 Å². The average molecular weight is 430 g/mol. The van der Waals surface area contributed by atoms with Gasteiger partial charge in [-0.05, 0) is 38.7 Å². The number of benzene rings is 1. The van der Waals surface area contributed by atoms with E-state index in [0.29, 0.717) is 12.3 Å². The van der Waals surface area contributed by atoms with Gasteiger partial charge < -0.3 is 9.47 Å². The molecule has 0 N–H and O–H groups in total. The van der Waals surface area contributed by atoms with Gasteiger partial charge in [0.25, 0.3) is 0 Å². The Morgan fingerprint density at radius 2 is 1.77 bits per heavy atom. The summed E-state index contributed by atoms with van der Waals surface area (Å²) in [4.78, 5) is 51.7. The van der Waals surface area contributed by atoms with Gasteiger partial charge in [0, 0.05) is 12.3 Å². The van der Waals surface area contributed by atoms with E-state index >= 15 is 0 Å². The van der Waals surface area contributed by atoms with Crippen molar-refractivity contribution in [2.45, 2.75) is 77.4 Å². The van der Waals surface area contributed by atoms with Gasteiger partial charge in [-0.1, -0.05) is 56.0 Å². The van der Waals surface area contributed by atoms with E-state index in [1.165, 1.54) is 0 Å². The molecule has 0 aromatic heterocycles. The fraction of sp³-hybridized carbons (Fsp3) is 0.583. The SMILES string of the molecule is CC(C)(C)OC(=O)C[C@@H](CC1CCCC1)C(=O)N1C(=O)OC(=O)[C@@H]1Cc1ccccc1. The summed E-state index contributed by atoms with van der Waals surface area (Å²) >= 11 is 0. The molecule has 168 valence electrons.